The lowest BCUT2D eigenvalue weighted by molar-refractivity contribution is 0.0185. The van der Waals surface area contributed by atoms with Crippen LogP contribution in [0.5, 0.6) is 0 Å². The number of carbonyl (C=O) groups excluding carboxylic acids is 3. The summed E-state index contributed by atoms with van der Waals surface area (Å²) in [4.78, 5) is 52.1. The van der Waals surface area contributed by atoms with Crippen molar-refractivity contribution in [3.63, 3.8) is 0 Å². The molecule has 2 aliphatic rings. The molecule has 0 bridgehead atoms. The summed E-state index contributed by atoms with van der Waals surface area (Å²) in [5, 5.41) is 6.67. The van der Waals surface area contributed by atoms with E-state index in [-0.39, 0.29) is 24.1 Å². The molecule has 0 aromatic carbocycles. The van der Waals surface area contributed by atoms with Crippen LogP contribution in [-0.2, 0) is 4.74 Å². The quantitative estimate of drug-likeness (QED) is 0.524. The van der Waals surface area contributed by atoms with Crippen molar-refractivity contribution in [3.8, 4) is 0 Å². The number of thiophene rings is 1. The first-order valence-corrected chi connectivity index (χ1v) is 12.7. The summed E-state index contributed by atoms with van der Waals surface area (Å²) in [6.45, 7) is 8.28. The fourth-order valence-electron chi connectivity index (χ4n) is 4.53. The number of pyridine rings is 2. The van der Waals surface area contributed by atoms with Crippen molar-refractivity contribution in [3.05, 3.63) is 41.2 Å². The Labute approximate surface area is 212 Å². The second-order valence-corrected chi connectivity index (χ2v) is 10.9. The van der Waals surface area contributed by atoms with E-state index in [1.807, 2.05) is 33.8 Å². The number of nitrogens with one attached hydrogen (secondary N) is 2. The van der Waals surface area contributed by atoms with Gasteiger partial charge in [0.2, 0.25) is 0 Å². The molecule has 36 heavy (non-hydrogen) atoms. The number of hydrogen-bond acceptors (Lipinski definition) is 7. The van der Waals surface area contributed by atoms with E-state index in [2.05, 4.69) is 20.6 Å². The van der Waals surface area contributed by atoms with E-state index >= 15 is 0 Å². The number of carbonyl (C=O) groups is 3. The number of anilines is 3. The highest BCUT2D eigenvalue weighted by atomic mass is 32.1. The summed E-state index contributed by atoms with van der Waals surface area (Å²) in [7, 11) is 0. The second-order valence-electron chi connectivity index (χ2n) is 9.93. The number of urea groups is 1. The van der Waals surface area contributed by atoms with Crippen molar-refractivity contribution in [2.45, 2.75) is 52.2 Å². The third-order valence-electron chi connectivity index (χ3n) is 6.08. The third-order valence-corrected chi connectivity index (χ3v) is 7.18. The van der Waals surface area contributed by atoms with E-state index in [4.69, 9.17) is 4.74 Å². The zero-order valence-corrected chi connectivity index (χ0v) is 21.4. The van der Waals surface area contributed by atoms with Crippen LogP contribution in [0.3, 0.4) is 0 Å². The zero-order valence-electron chi connectivity index (χ0n) is 20.6. The van der Waals surface area contributed by atoms with Crippen molar-refractivity contribution < 1.29 is 19.1 Å². The maximum atomic E-state index is 13.4. The maximum Gasteiger partial charge on any atom is 0.410 e. The molecule has 188 valence electrons. The van der Waals surface area contributed by atoms with Gasteiger partial charge in [-0.25, -0.2) is 14.6 Å². The molecule has 1 saturated heterocycles. The summed E-state index contributed by atoms with van der Waals surface area (Å²) < 4.78 is 5.49. The molecule has 0 spiro atoms. The number of piperidine rings is 1. The molecule has 5 heterocycles. The van der Waals surface area contributed by atoms with E-state index in [1.165, 1.54) is 11.3 Å². The SMILES string of the molecule is Cc1ncccc1N1C(=O)Nc2c(C(=O)NC3CCCN(C(=O)OC(C)(C)C)C3)sc3nccc1c23. The van der Waals surface area contributed by atoms with Gasteiger partial charge < -0.3 is 20.3 Å². The molecular formula is C25H28N6O4S. The van der Waals surface area contributed by atoms with Crippen LogP contribution in [0.2, 0.25) is 0 Å². The van der Waals surface area contributed by atoms with Gasteiger partial charge in [-0.1, -0.05) is 0 Å². The number of amides is 4. The van der Waals surface area contributed by atoms with E-state index < -0.39 is 5.60 Å². The summed E-state index contributed by atoms with van der Waals surface area (Å²) in [5.41, 5.74) is 1.89. The smallest absolute Gasteiger partial charge is 0.410 e. The first kappa shape index (κ1) is 24.0. The number of aryl methyl sites for hydroxylation is 1. The molecule has 0 saturated carbocycles. The Morgan fingerprint density at radius 2 is 2.00 bits per heavy atom. The highest BCUT2D eigenvalue weighted by Gasteiger charge is 2.35. The lowest BCUT2D eigenvalue weighted by Crippen LogP contribution is -2.50. The number of rotatable bonds is 3. The maximum absolute atomic E-state index is 13.4. The van der Waals surface area contributed by atoms with Gasteiger partial charge in [0.25, 0.3) is 5.91 Å². The van der Waals surface area contributed by atoms with Crippen molar-refractivity contribution in [2.75, 3.05) is 23.3 Å². The second kappa shape index (κ2) is 9.05. The van der Waals surface area contributed by atoms with Crippen LogP contribution in [0.1, 0.15) is 49.0 Å². The van der Waals surface area contributed by atoms with Crippen LogP contribution in [-0.4, -0.2) is 57.6 Å². The molecule has 0 aliphatic carbocycles. The van der Waals surface area contributed by atoms with Crippen LogP contribution in [0.25, 0.3) is 10.2 Å². The minimum Gasteiger partial charge on any atom is -0.444 e. The number of nitrogens with zero attached hydrogens (tertiary/aromatic N) is 4. The standard InChI is InChI=1S/C25H28N6O4S/c1-14-16(8-5-10-26-14)31-17-9-11-27-22-18(17)19(29-23(31)33)20(36-22)21(32)28-15-7-6-12-30(13-15)24(34)35-25(2,3)4/h5,8-11,15H,6-7,12-13H2,1-4H3,(H,28,32)(H,29,33). The van der Waals surface area contributed by atoms with Crippen LogP contribution >= 0.6 is 11.3 Å². The fourth-order valence-corrected chi connectivity index (χ4v) is 5.56. The van der Waals surface area contributed by atoms with E-state index in [1.54, 1.807) is 34.3 Å². The Hall–Kier alpha value is -3.73. The Bertz CT molecular complexity index is 1360. The van der Waals surface area contributed by atoms with Crippen molar-refractivity contribution in [2.24, 2.45) is 0 Å². The summed E-state index contributed by atoms with van der Waals surface area (Å²) >= 11 is 1.23. The summed E-state index contributed by atoms with van der Waals surface area (Å²) in [6.07, 6.45) is 4.43. The lowest BCUT2D eigenvalue weighted by Gasteiger charge is -2.34. The predicted molar refractivity (Wildman–Crippen MR) is 138 cm³/mol. The molecule has 1 unspecified atom stereocenters. The molecule has 2 N–H and O–H groups in total. The molecule has 1 atom stereocenters. The highest BCUT2D eigenvalue weighted by Crippen LogP contribution is 2.46. The molecule has 0 radical (unpaired) electrons. The minimum absolute atomic E-state index is 0.225. The zero-order chi connectivity index (χ0) is 25.6. The Balaban J connectivity index is 1.41. The number of likely N-dealkylation sites (tertiary alicyclic amines) is 1. The monoisotopic (exact) mass is 508 g/mol. The summed E-state index contributed by atoms with van der Waals surface area (Å²) in [5.74, 6) is -0.304. The Morgan fingerprint density at radius 3 is 2.75 bits per heavy atom. The van der Waals surface area contributed by atoms with Gasteiger partial charge in [-0.3, -0.25) is 14.7 Å². The molecular weight excluding hydrogens is 480 g/mol. The fraction of sp³-hybridized carbons (Fsp3) is 0.400. The molecule has 4 amide bonds. The van der Waals surface area contributed by atoms with Crippen molar-refractivity contribution >= 4 is 56.6 Å². The molecule has 1 fully saturated rings. The van der Waals surface area contributed by atoms with Gasteiger partial charge in [0.15, 0.2) is 0 Å². The molecule has 11 heteroatoms. The van der Waals surface area contributed by atoms with E-state index in [0.29, 0.717) is 45.6 Å². The number of hydrogen-bond donors (Lipinski definition) is 2. The Kier molecular flexibility index (Phi) is 6.03. The van der Waals surface area contributed by atoms with Gasteiger partial charge in [0.05, 0.1) is 28.1 Å². The Morgan fingerprint density at radius 1 is 1.19 bits per heavy atom. The molecule has 10 nitrogen and oxygen atoms in total. The first-order chi connectivity index (χ1) is 17.1. The average Bonchev–Trinajstić information content (AvgIpc) is 3.19. The highest BCUT2D eigenvalue weighted by molar-refractivity contribution is 7.21. The van der Waals surface area contributed by atoms with E-state index in [9.17, 15) is 14.4 Å². The first-order valence-electron chi connectivity index (χ1n) is 11.9. The molecule has 5 rings (SSSR count). The van der Waals surface area contributed by atoms with Gasteiger partial charge in [-0.05, 0) is 58.7 Å². The third kappa shape index (κ3) is 4.46. The molecule has 2 aliphatic heterocycles. The lowest BCUT2D eigenvalue weighted by atomic mass is 10.1. The van der Waals surface area contributed by atoms with Crippen molar-refractivity contribution in [1.82, 2.24) is 20.2 Å². The van der Waals surface area contributed by atoms with Gasteiger partial charge >= 0.3 is 12.1 Å². The minimum atomic E-state index is -0.585. The van der Waals surface area contributed by atoms with Crippen LogP contribution in [0, 0.1) is 6.92 Å². The average molecular weight is 509 g/mol. The largest absolute Gasteiger partial charge is 0.444 e. The van der Waals surface area contributed by atoms with E-state index in [0.717, 1.165) is 18.2 Å². The number of aromatic nitrogens is 2. The van der Waals surface area contributed by atoms with Crippen LogP contribution in [0.15, 0.2) is 30.6 Å². The number of ether oxygens (including phenoxy) is 1. The normalized spacial score (nSPS) is 17.7. The van der Waals surface area contributed by atoms with Crippen molar-refractivity contribution in [1.29, 1.82) is 0 Å². The van der Waals surface area contributed by atoms with Gasteiger partial charge in [0, 0.05) is 31.5 Å². The molecule has 3 aromatic heterocycles. The van der Waals surface area contributed by atoms with Crippen LogP contribution < -0.4 is 15.5 Å². The van der Waals surface area contributed by atoms with Gasteiger partial charge in [0.1, 0.15) is 15.3 Å². The van der Waals surface area contributed by atoms with Gasteiger partial charge in [-0.15, -0.1) is 11.3 Å². The van der Waals surface area contributed by atoms with Crippen LogP contribution in [0.4, 0.5) is 26.7 Å². The summed E-state index contributed by atoms with van der Waals surface area (Å²) in [6, 6.07) is 4.79. The molecule has 3 aromatic rings. The van der Waals surface area contributed by atoms with Gasteiger partial charge in [-0.2, -0.15) is 0 Å². The predicted octanol–water partition coefficient (Wildman–Crippen LogP) is 4.81. The topological polar surface area (TPSA) is 117 Å².